The standard InChI is InChI=1S/C11H19N3O3S/c1-11(2,18(3,15)16)10-14-13-9(17-10)6-7-12-8-4-5-8/h8,12H,4-7H2,1-3H3. The Morgan fingerprint density at radius 1 is 1.39 bits per heavy atom. The second-order valence-electron chi connectivity index (χ2n) is 5.26. The third-order valence-electron chi connectivity index (χ3n) is 3.26. The highest BCUT2D eigenvalue weighted by molar-refractivity contribution is 7.91. The van der Waals surface area contributed by atoms with E-state index in [1.165, 1.54) is 19.1 Å². The van der Waals surface area contributed by atoms with Crippen molar-refractivity contribution in [3.63, 3.8) is 0 Å². The summed E-state index contributed by atoms with van der Waals surface area (Å²) in [7, 11) is -3.28. The molecule has 0 radical (unpaired) electrons. The molecule has 0 aliphatic heterocycles. The van der Waals surface area contributed by atoms with Gasteiger partial charge in [0.25, 0.3) is 0 Å². The zero-order valence-corrected chi connectivity index (χ0v) is 11.7. The highest BCUT2D eigenvalue weighted by atomic mass is 32.2. The molecule has 102 valence electrons. The van der Waals surface area contributed by atoms with Gasteiger partial charge in [0.15, 0.2) is 9.84 Å². The lowest BCUT2D eigenvalue weighted by Gasteiger charge is -2.16. The summed E-state index contributed by atoms with van der Waals surface area (Å²) in [5.74, 6) is 0.640. The quantitative estimate of drug-likeness (QED) is 0.819. The summed E-state index contributed by atoms with van der Waals surface area (Å²) >= 11 is 0. The predicted molar refractivity (Wildman–Crippen MR) is 66.9 cm³/mol. The number of nitrogens with zero attached hydrogens (tertiary/aromatic N) is 2. The van der Waals surface area contributed by atoms with Gasteiger partial charge in [-0.25, -0.2) is 8.42 Å². The first kappa shape index (κ1) is 13.5. The Hall–Kier alpha value is -0.950. The van der Waals surface area contributed by atoms with E-state index in [-0.39, 0.29) is 5.89 Å². The largest absolute Gasteiger partial charge is 0.424 e. The maximum Gasteiger partial charge on any atom is 0.237 e. The minimum Gasteiger partial charge on any atom is -0.424 e. The second kappa shape index (κ2) is 4.62. The normalized spacial score (nSPS) is 17.1. The van der Waals surface area contributed by atoms with Gasteiger partial charge in [-0.1, -0.05) is 0 Å². The van der Waals surface area contributed by atoms with Gasteiger partial charge in [-0.3, -0.25) is 0 Å². The maximum atomic E-state index is 11.6. The molecule has 7 heteroatoms. The lowest BCUT2D eigenvalue weighted by Crippen LogP contribution is -2.28. The van der Waals surface area contributed by atoms with Crippen molar-refractivity contribution in [1.29, 1.82) is 0 Å². The summed E-state index contributed by atoms with van der Waals surface area (Å²) in [5, 5.41) is 11.1. The van der Waals surface area contributed by atoms with Crippen molar-refractivity contribution in [2.45, 2.75) is 43.9 Å². The molecule has 1 N–H and O–H groups in total. The molecule has 1 fully saturated rings. The van der Waals surface area contributed by atoms with Crippen molar-refractivity contribution in [2.75, 3.05) is 12.8 Å². The highest BCUT2D eigenvalue weighted by Crippen LogP contribution is 2.27. The summed E-state index contributed by atoms with van der Waals surface area (Å²) in [4.78, 5) is 0. The molecule has 0 saturated heterocycles. The van der Waals surface area contributed by atoms with Crippen LogP contribution in [0.4, 0.5) is 0 Å². The van der Waals surface area contributed by atoms with Crippen LogP contribution in [0.5, 0.6) is 0 Å². The Morgan fingerprint density at radius 3 is 2.61 bits per heavy atom. The van der Waals surface area contributed by atoms with Crippen molar-refractivity contribution in [2.24, 2.45) is 0 Å². The molecule has 0 aromatic carbocycles. The smallest absolute Gasteiger partial charge is 0.237 e. The maximum absolute atomic E-state index is 11.6. The molecule has 1 heterocycles. The van der Waals surface area contributed by atoms with Crippen molar-refractivity contribution in [3.05, 3.63) is 11.8 Å². The fourth-order valence-corrected chi connectivity index (χ4v) is 1.83. The molecule has 1 aliphatic carbocycles. The van der Waals surface area contributed by atoms with E-state index in [0.717, 1.165) is 6.54 Å². The molecule has 0 unspecified atom stereocenters. The first-order valence-corrected chi connectivity index (χ1v) is 7.95. The van der Waals surface area contributed by atoms with E-state index >= 15 is 0 Å². The van der Waals surface area contributed by atoms with Crippen LogP contribution in [-0.4, -0.2) is 37.5 Å². The van der Waals surface area contributed by atoms with E-state index in [0.29, 0.717) is 18.4 Å². The molecule has 0 spiro atoms. The van der Waals surface area contributed by atoms with Crippen molar-refractivity contribution >= 4 is 9.84 Å². The van der Waals surface area contributed by atoms with Crippen LogP contribution in [0.2, 0.25) is 0 Å². The highest BCUT2D eigenvalue weighted by Gasteiger charge is 2.38. The van der Waals surface area contributed by atoms with Gasteiger partial charge in [0.05, 0.1) is 0 Å². The van der Waals surface area contributed by atoms with E-state index < -0.39 is 14.6 Å². The number of sulfone groups is 1. The summed E-state index contributed by atoms with van der Waals surface area (Å²) in [6.45, 7) is 3.93. The molecule has 0 bridgehead atoms. The molecule has 0 amide bonds. The lowest BCUT2D eigenvalue weighted by molar-refractivity contribution is 0.403. The Balaban J connectivity index is 2.00. The third-order valence-corrected chi connectivity index (χ3v) is 5.29. The van der Waals surface area contributed by atoms with Gasteiger partial charge in [0, 0.05) is 25.3 Å². The van der Waals surface area contributed by atoms with E-state index in [1.807, 2.05) is 0 Å². The average Bonchev–Trinajstić information content (AvgIpc) is 2.93. The van der Waals surface area contributed by atoms with Crippen LogP contribution in [0.25, 0.3) is 0 Å². The Morgan fingerprint density at radius 2 is 2.06 bits per heavy atom. The molecule has 2 rings (SSSR count). The van der Waals surface area contributed by atoms with Crippen molar-refractivity contribution in [1.82, 2.24) is 15.5 Å². The van der Waals surface area contributed by atoms with Gasteiger partial charge < -0.3 is 9.73 Å². The average molecular weight is 273 g/mol. The van der Waals surface area contributed by atoms with Gasteiger partial charge in [-0.05, 0) is 26.7 Å². The molecular formula is C11H19N3O3S. The molecule has 18 heavy (non-hydrogen) atoms. The van der Waals surface area contributed by atoms with Gasteiger partial charge in [-0.2, -0.15) is 0 Å². The van der Waals surface area contributed by atoms with Crippen molar-refractivity contribution in [3.8, 4) is 0 Å². The summed E-state index contributed by atoms with van der Waals surface area (Å²) < 4.78 is 27.6. The molecule has 1 aromatic heterocycles. The predicted octanol–water partition coefficient (Wildman–Crippen LogP) is 0.644. The molecule has 1 aliphatic rings. The number of hydrogen-bond acceptors (Lipinski definition) is 6. The molecule has 1 aromatic rings. The monoisotopic (exact) mass is 273 g/mol. The first-order chi connectivity index (χ1) is 8.30. The number of nitrogens with one attached hydrogen (secondary N) is 1. The topological polar surface area (TPSA) is 85.1 Å². The SMILES string of the molecule is CC(C)(c1nnc(CCNC2CC2)o1)S(C)(=O)=O. The van der Waals surface area contributed by atoms with E-state index in [4.69, 9.17) is 4.42 Å². The van der Waals surface area contributed by atoms with Crippen LogP contribution in [0, 0.1) is 0 Å². The van der Waals surface area contributed by atoms with Gasteiger partial charge in [-0.15, -0.1) is 10.2 Å². The van der Waals surface area contributed by atoms with Crippen LogP contribution >= 0.6 is 0 Å². The fourth-order valence-electron chi connectivity index (χ4n) is 1.43. The van der Waals surface area contributed by atoms with Crippen LogP contribution in [-0.2, 0) is 21.0 Å². The van der Waals surface area contributed by atoms with Crippen molar-refractivity contribution < 1.29 is 12.8 Å². The Bertz CT molecular complexity index is 517. The Labute approximate surface area is 107 Å². The Kier molecular flexibility index (Phi) is 3.46. The van der Waals surface area contributed by atoms with Gasteiger partial charge >= 0.3 is 0 Å². The van der Waals surface area contributed by atoms with E-state index in [9.17, 15) is 8.42 Å². The number of rotatable bonds is 6. The minimum atomic E-state index is -3.28. The molecule has 0 atom stereocenters. The van der Waals surface area contributed by atoms with Crippen LogP contribution < -0.4 is 5.32 Å². The number of aromatic nitrogens is 2. The van der Waals surface area contributed by atoms with E-state index in [1.54, 1.807) is 13.8 Å². The lowest BCUT2D eigenvalue weighted by atomic mass is 10.2. The van der Waals surface area contributed by atoms with Crippen LogP contribution in [0.1, 0.15) is 38.5 Å². The first-order valence-electron chi connectivity index (χ1n) is 6.06. The van der Waals surface area contributed by atoms with Gasteiger partial charge in [0.1, 0.15) is 4.75 Å². The van der Waals surface area contributed by atoms with Gasteiger partial charge in [0.2, 0.25) is 11.8 Å². The summed E-state index contributed by atoms with van der Waals surface area (Å²) in [5.41, 5.74) is 0. The molecular weight excluding hydrogens is 254 g/mol. The molecule has 1 saturated carbocycles. The fraction of sp³-hybridized carbons (Fsp3) is 0.818. The zero-order valence-electron chi connectivity index (χ0n) is 10.9. The minimum absolute atomic E-state index is 0.159. The second-order valence-corrected chi connectivity index (χ2v) is 7.83. The van der Waals surface area contributed by atoms with Crippen LogP contribution in [0.15, 0.2) is 4.42 Å². The third kappa shape index (κ3) is 2.89. The number of hydrogen-bond donors (Lipinski definition) is 1. The zero-order chi connectivity index (χ0) is 13.4. The molecule has 6 nitrogen and oxygen atoms in total. The van der Waals surface area contributed by atoms with E-state index in [2.05, 4.69) is 15.5 Å². The van der Waals surface area contributed by atoms with Crippen LogP contribution in [0.3, 0.4) is 0 Å². The summed E-state index contributed by atoms with van der Waals surface area (Å²) in [6.07, 6.45) is 4.27. The summed E-state index contributed by atoms with van der Waals surface area (Å²) in [6, 6.07) is 0.639.